The van der Waals surface area contributed by atoms with Gasteiger partial charge in [0.1, 0.15) is 10.8 Å². The van der Waals surface area contributed by atoms with Gasteiger partial charge in [0.2, 0.25) is 11.7 Å². The zero-order valence-electron chi connectivity index (χ0n) is 10.9. The lowest BCUT2D eigenvalue weighted by Gasteiger charge is -2.12. The Balaban J connectivity index is 1.70. The quantitative estimate of drug-likeness (QED) is 0.939. The van der Waals surface area contributed by atoms with Gasteiger partial charge in [-0.15, -0.1) is 0 Å². The average Bonchev–Trinajstić information content (AvgIpc) is 2.96. The van der Waals surface area contributed by atoms with Crippen molar-refractivity contribution in [2.45, 2.75) is 12.8 Å². The Morgan fingerprint density at radius 3 is 2.90 bits per heavy atom. The molecule has 7 heteroatoms. The molecule has 0 spiro atoms. The highest BCUT2D eigenvalue weighted by Gasteiger charge is 2.18. The summed E-state index contributed by atoms with van der Waals surface area (Å²) in [5.74, 6) is 1.26. The number of aliphatic imine (C=N–C) groups is 1. The highest BCUT2D eigenvalue weighted by Crippen LogP contribution is 2.24. The number of halogens is 1. The zero-order chi connectivity index (χ0) is 14.7. The second-order valence-electron chi connectivity index (χ2n) is 4.67. The minimum Gasteiger partial charge on any atom is -0.508 e. The van der Waals surface area contributed by atoms with Gasteiger partial charge in [0.15, 0.2) is 0 Å². The van der Waals surface area contributed by atoms with Crippen molar-refractivity contribution in [2.75, 3.05) is 0 Å². The van der Waals surface area contributed by atoms with Gasteiger partial charge in [-0.3, -0.25) is 4.99 Å². The molecule has 108 valence electrons. The fourth-order valence-corrected chi connectivity index (χ4v) is 2.45. The van der Waals surface area contributed by atoms with Crippen LogP contribution >= 0.6 is 12.1 Å². The van der Waals surface area contributed by atoms with Crippen LogP contribution in [0.1, 0.15) is 12.3 Å². The molecule has 0 amide bonds. The van der Waals surface area contributed by atoms with Crippen molar-refractivity contribution < 1.29 is 13.5 Å². The van der Waals surface area contributed by atoms with Crippen molar-refractivity contribution in [3.63, 3.8) is 0 Å². The molecule has 0 bridgehead atoms. The maximum Gasteiger partial charge on any atom is 0.227 e. The van der Waals surface area contributed by atoms with Crippen LogP contribution < -0.4 is 0 Å². The van der Waals surface area contributed by atoms with Crippen LogP contribution in [0.3, 0.4) is 0 Å². The first kappa shape index (κ1) is 13.8. The third-order valence-corrected chi connectivity index (χ3v) is 3.58. The fraction of sp³-hybridized carbons (Fsp3) is 0.214. The summed E-state index contributed by atoms with van der Waals surface area (Å²) in [5.41, 5.74) is 0.767. The van der Waals surface area contributed by atoms with E-state index in [1.807, 2.05) is 6.08 Å². The van der Waals surface area contributed by atoms with Crippen LogP contribution in [0.2, 0.25) is 0 Å². The lowest BCUT2D eigenvalue weighted by atomic mass is 10.0. The van der Waals surface area contributed by atoms with E-state index in [0.717, 1.165) is 5.56 Å². The molecule has 3 rings (SSSR count). The van der Waals surface area contributed by atoms with Crippen LogP contribution in [0, 0.1) is 5.92 Å². The number of rotatable bonds is 3. The van der Waals surface area contributed by atoms with Gasteiger partial charge in [-0.05, 0) is 30.2 Å². The van der Waals surface area contributed by atoms with Crippen LogP contribution in [0.5, 0.6) is 5.75 Å². The number of benzene rings is 1. The minimum absolute atomic E-state index is 0.105. The van der Waals surface area contributed by atoms with Gasteiger partial charge in [0, 0.05) is 24.6 Å². The van der Waals surface area contributed by atoms with E-state index < -0.39 is 0 Å². The first-order chi connectivity index (χ1) is 10.2. The van der Waals surface area contributed by atoms with E-state index in [2.05, 4.69) is 15.1 Å². The van der Waals surface area contributed by atoms with E-state index in [4.69, 9.17) is 4.52 Å². The van der Waals surface area contributed by atoms with Crippen LogP contribution in [-0.2, 0) is 6.42 Å². The van der Waals surface area contributed by atoms with Gasteiger partial charge in [-0.1, -0.05) is 11.2 Å². The maximum atomic E-state index is 12.5. The van der Waals surface area contributed by atoms with Gasteiger partial charge in [0.05, 0.1) is 12.1 Å². The smallest absolute Gasteiger partial charge is 0.227 e. The molecule has 1 aliphatic rings. The molecular formula is C14H12FN3O2S. The molecule has 1 unspecified atom stereocenters. The van der Waals surface area contributed by atoms with Crippen molar-refractivity contribution >= 4 is 17.2 Å². The van der Waals surface area contributed by atoms with Crippen molar-refractivity contribution in [3.8, 4) is 17.1 Å². The first-order valence-electron chi connectivity index (χ1n) is 6.38. The van der Waals surface area contributed by atoms with E-state index >= 15 is 0 Å². The molecule has 0 aliphatic carbocycles. The number of hydrogen-bond donors (Lipinski definition) is 1. The van der Waals surface area contributed by atoms with Gasteiger partial charge in [-0.2, -0.15) is 8.87 Å². The Morgan fingerprint density at radius 2 is 2.14 bits per heavy atom. The molecule has 1 aromatic heterocycles. The predicted octanol–water partition coefficient (Wildman–Crippen LogP) is 3.53. The number of aromatic nitrogens is 2. The molecule has 0 saturated carbocycles. The molecule has 0 saturated heterocycles. The van der Waals surface area contributed by atoms with E-state index in [-0.39, 0.29) is 23.8 Å². The topological polar surface area (TPSA) is 71.5 Å². The average molecular weight is 305 g/mol. The Hall–Kier alpha value is -2.15. The number of aromatic hydroxyl groups is 1. The highest BCUT2D eigenvalue weighted by molar-refractivity contribution is 8.09. The summed E-state index contributed by atoms with van der Waals surface area (Å²) in [6, 6.07) is 6.57. The van der Waals surface area contributed by atoms with E-state index in [0.29, 0.717) is 29.6 Å². The predicted molar refractivity (Wildman–Crippen MR) is 78.5 cm³/mol. The SMILES string of the molecule is Oc1ccc(-c2noc(CC3C=CN=C(SF)C3)n2)cc1. The summed E-state index contributed by atoms with van der Waals surface area (Å²) in [6.45, 7) is 0. The Kier molecular flexibility index (Phi) is 4.01. The Bertz CT molecular complexity index is 682. The van der Waals surface area contributed by atoms with Gasteiger partial charge in [0.25, 0.3) is 0 Å². The molecule has 1 N–H and O–H groups in total. The largest absolute Gasteiger partial charge is 0.508 e. The van der Waals surface area contributed by atoms with Crippen LogP contribution in [-0.4, -0.2) is 20.3 Å². The number of allylic oxidation sites excluding steroid dienone is 1. The normalized spacial score (nSPS) is 17.8. The van der Waals surface area contributed by atoms with Crippen molar-refractivity contribution in [3.05, 3.63) is 42.4 Å². The lowest BCUT2D eigenvalue weighted by molar-refractivity contribution is 0.366. The fourth-order valence-electron chi connectivity index (χ4n) is 2.07. The third kappa shape index (κ3) is 3.30. The first-order valence-corrected chi connectivity index (χ1v) is 7.10. The summed E-state index contributed by atoms with van der Waals surface area (Å²) in [7, 11) is 0. The second-order valence-corrected chi connectivity index (χ2v) is 5.29. The van der Waals surface area contributed by atoms with E-state index in [1.54, 1.807) is 30.5 Å². The molecule has 1 aliphatic heterocycles. The number of phenols is 1. The molecule has 1 aromatic carbocycles. The lowest BCUT2D eigenvalue weighted by Crippen LogP contribution is -2.09. The van der Waals surface area contributed by atoms with Crippen LogP contribution in [0.25, 0.3) is 11.4 Å². The monoisotopic (exact) mass is 305 g/mol. The molecule has 21 heavy (non-hydrogen) atoms. The summed E-state index contributed by atoms with van der Waals surface area (Å²) in [5, 5.41) is 13.6. The van der Waals surface area contributed by atoms with Crippen LogP contribution in [0.4, 0.5) is 3.89 Å². The van der Waals surface area contributed by atoms with Gasteiger partial charge < -0.3 is 9.63 Å². The highest BCUT2D eigenvalue weighted by atomic mass is 32.2. The summed E-state index contributed by atoms with van der Waals surface area (Å²) < 4.78 is 17.8. The molecule has 0 fully saturated rings. The molecule has 2 aromatic rings. The van der Waals surface area contributed by atoms with E-state index in [9.17, 15) is 8.99 Å². The molecule has 2 heterocycles. The second kappa shape index (κ2) is 6.09. The summed E-state index contributed by atoms with van der Waals surface area (Å²) >= 11 is 0.172. The zero-order valence-corrected chi connectivity index (χ0v) is 11.8. The van der Waals surface area contributed by atoms with Gasteiger partial charge >= 0.3 is 0 Å². The molecule has 1 atom stereocenters. The van der Waals surface area contributed by atoms with Gasteiger partial charge in [-0.25, -0.2) is 0 Å². The third-order valence-electron chi connectivity index (χ3n) is 3.13. The molecular weight excluding hydrogens is 293 g/mol. The van der Waals surface area contributed by atoms with Crippen molar-refractivity contribution in [1.29, 1.82) is 0 Å². The van der Waals surface area contributed by atoms with Crippen molar-refractivity contribution in [2.24, 2.45) is 10.9 Å². The molecule has 0 radical (unpaired) electrons. The maximum absolute atomic E-state index is 12.5. The summed E-state index contributed by atoms with van der Waals surface area (Å²) in [4.78, 5) is 8.26. The number of phenolic OH excluding ortho intramolecular Hbond substituents is 1. The van der Waals surface area contributed by atoms with Crippen molar-refractivity contribution in [1.82, 2.24) is 10.1 Å². The molecule has 5 nitrogen and oxygen atoms in total. The Labute approximate surface area is 124 Å². The standard InChI is InChI=1S/C14H12FN3O2S/c15-21-13-8-9(5-6-16-13)7-12-17-14(18-20-12)10-1-3-11(19)4-2-10/h1-6,9,19H,7-8H2. The minimum atomic E-state index is 0.105. The van der Waals surface area contributed by atoms with E-state index in [1.165, 1.54) is 0 Å². The number of nitrogens with zero attached hydrogens (tertiary/aromatic N) is 3. The van der Waals surface area contributed by atoms with Crippen LogP contribution in [0.15, 0.2) is 46.1 Å². The summed E-state index contributed by atoms with van der Waals surface area (Å²) in [6.07, 6.45) is 4.59. The Morgan fingerprint density at radius 1 is 1.33 bits per heavy atom. The number of hydrogen-bond acceptors (Lipinski definition) is 6.